The third-order valence-corrected chi connectivity index (χ3v) is 7.94. The van der Waals surface area contributed by atoms with Crippen LogP contribution >= 0.6 is 11.3 Å². The number of hydrogen-bond acceptors (Lipinski definition) is 5. The van der Waals surface area contributed by atoms with Crippen LogP contribution in [0.4, 0.5) is 0 Å². The fourth-order valence-electron chi connectivity index (χ4n) is 5.09. The minimum Gasteiger partial charge on any atom is -0.493 e. The van der Waals surface area contributed by atoms with Crippen LogP contribution < -0.4 is 10.3 Å². The number of aromatic nitrogens is 2. The summed E-state index contributed by atoms with van der Waals surface area (Å²) in [4.78, 5) is 29.5. The van der Waals surface area contributed by atoms with Gasteiger partial charge in [-0.3, -0.25) is 9.59 Å². The maximum Gasteiger partial charge on any atom is 0.272 e. The Labute approximate surface area is 214 Å². The monoisotopic (exact) mass is 501 g/mol. The Morgan fingerprint density at radius 3 is 2.69 bits per heavy atom. The van der Waals surface area contributed by atoms with E-state index >= 15 is 0 Å². The first-order valence-corrected chi connectivity index (χ1v) is 13.5. The number of carbonyl (C=O) groups excluding carboxylic acids is 1. The molecule has 2 heterocycles. The second kappa shape index (κ2) is 11.1. The second-order valence-corrected chi connectivity index (χ2v) is 10.5. The summed E-state index contributed by atoms with van der Waals surface area (Å²) in [5.74, 6) is 0.386. The summed E-state index contributed by atoms with van der Waals surface area (Å²) in [6.07, 6.45) is 5.17. The lowest BCUT2D eigenvalue weighted by atomic mass is 9.98. The molecule has 0 radical (unpaired) electrons. The number of nitrogens with one attached hydrogen (secondary N) is 1. The van der Waals surface area contributed by atoms with Crippen molar-refractivity contribution in [1.29, 1.82) is 0 Å². The van der Waals surface area contributed by atoms with Gasteiger partial charge in [-0.2, -0.15) is 5.10 Å². The van der Waals surface area contributed by atoms with Crippen LogP contribution in [0.1, 0.15) is 54.7 Å². The van der Waals surface area contributed by atoms with Gasteiger partial charge in [0.1, 0.15) is 5.75 Å². The van der Waals surface area contributed by atoms with Gasteiger partial charge in [0, 0.05) is 29.3 Å². The quantitative estimate of drug-likeness (QED) is 0.320. The zero-order valence-corrected chi connectivity index (χ0v) is 21.3. The summed E-state index contributed by atoms with van der Waals surface area (Å²) in [5.41, 5.74) is 1.43. The molecule has 1 aliphatic carbocycles. The van der Waals surface area contributed by atoms with Crippen LogP contribution in [-0.2, 0) is 17.8 Å². The highest BCUT2D eigenvalue weighted by Crippen LogP contribution is 2.30. The third-order valence-electron chi connectivity index (χ3n) is 7.00. The molecule has 6 nitrogen and oxygen atoms in total. The van der Waals surface area contributed by atoms with Crippen molar-refractivity contribution < 1.29 is 9.53 Å². The molecule has 1 fully saturated rings. The molecular formula is C29H31N3O3S. The number of aromatic amines is 1. The molecule has 0 spiro atoms. The predicted molar refractivity (Wildman–Crippen MR) is 144 cm³/mol. The van der Waals surface area contributed by atoms with Crippen molar-refractivity contribution in [3.8, 4) is 5.75 Å². The lowest BCUT2D eigenvalue weighted by molar-refractivity contribution is -0.135. The van der Waals surface area contributed by atoms with E-state index in [-0.39, 0.29) is 17.5 Å². The van der Waals surface area contributed by atoms with E-state index in [0.717, 1.165) is 48.8 Å². The number of H-pyrrole nitrogens is 1. The Morgan fingerprint density at radius 1 is 1.11 bits per heavy atom. The van der Waals surface area contributed by atoms with E-state index in [1.54, 1.807) is 17.4 Å². The van der Waals surface area contributed by atoms with Crippen LogP contribution in [-0.4, -0.2) is 33.7 Å². The first-order chi connectivity index (χ1) is 17.6. The molecule has 1 amide bonds. The molecule has 36 heavy (non-hydrogen) atoms. The van der Waals surface area contributed by atoms with E-state index < -0.39 is 5.92 Å². The lowest BCUT2D eigenvalue weighted by Gasteiger charge is -2.31. The summed E-state index contributed by atoms with van der Waals surface area (Å²) in [7, 11) is 0. The van der Waals surface area contributed by atoms with Gasteiger partial charge in [-0.25, -0.2) is 5.10 Å². The Morgan fingerprint density at radius 2 is 1.92 bits per heavy atom. The Kier molecular flexibility index (Phi) is 7.47. The van der Waals surface area contributed by atoms with Crippen molar-refractivity contribution in [3.05, 3.63) is 92.5 Å². The van der Waals surface area contributed by atoms with Crippen molar-refractivity contribution in [2.24, 2.45) is 0 Å². The molecule has 7 heteroatoms. The molecule has 1 aliphatic rings. The minimum atomic E-state index is -0.474. The largest absolute Gasteiger partial charge is 0.493 e. The normalized spacial score (nSPS) is 14.7. The number of hydrogen-bond donors (Lipinski definition) is 1. The number of fused-ring (bicyclic) bond motifs is 1. The molecule has 4 aromatic rings. The summed E-state index contributed by atoms with van der Waals surface area (Å²) in [6, 6.07) is 19.8. The third kappa shape index (κ3) is 5.36. The Hall–Kier alpha value is -3.45. The molecule has 5 rings (SSSR count). The lowest BCUT2D eigenvalue weighted by Crippen LogP contribution is -2.41. The van der Waals surface area contributed by atoms with Gasteiger partial charge in [0.2, 0.25) is 5.91 Å². The second-order valence-electron chi connectivity index (χ2n) is 9.43. The first-order valence-electron chi connectivity index (χ1n) is 12.6. The standard InChI is InChI=1S/C29H31N3O3S/c1-20(27-25-13-4-5-14-26(25)28(33)31-30-27)29(34)32(22-9-2-3-10-22)19-21-8-6-11-23(18-21)35-16-15-24-12-7-17-36-24/h4-8,11-14,17-18,20,22H,2-3,9-10,15-16,19H2,1H3,(H,31,33). The SMILES string of the molecule is CC(C(=O)N(Cc1cccc(OCCc2cccs2)c1)C1CCCC1)c1n[nH]c(=O)c2ccccc12. The molecule has 0 bridgehead atoms. The number of carbonyl (C=O) groups is 1. The zero-order valence-electron chi connectivity index (χ0n) is 20.5. The van der Waals surface area contributed by atoms with E-state index in [9.17, 15) is 9.59 Å². The summed E-state index contributed by atoms with van der Waals surface area (Å²) in [6.45, 7) is 3.04. The van der Waals surface area contributed by atoms with Crippen LogP contribution in [0, 0.1) is 0 Å². The van der Waals surface area contributed by atoms with Gasteiger partial charge in [-0.05, 0) is 55.0 Å². The predicted octanol–water partition coefficient (Wildman–Crippen LogP) is 5.68. The average Bonchev–Trinajstić information content (AvgIpc) is 3.62. The van der Waals surface area contributed by atoms with E-state index in [4.69, 9.17) is 4.74 Å². The number of thiophene rings is 1. The van der Waals surface area contributed by atoms with Crippen molar-refractivity contribution >= 4 is 28.0 Å². The molecule has 0 saturated heterocycles. The van der Waals surface area contributed by atoms with Crippen molar-refractivity contribution in [3.63, 3.8) is 0 Å². The van der Waals surface area contributed by atoms with Crippen LogP contribution in [0.15, 0.2) is 70.8 Å². The van der Waals surface area contributed by atoms with Gasteiger partial charge in [-0.1, -0.05) is 49.2 Å². The first kappa shape index (κ1) is 24.3. The topological polar surface area (TPSA) is 75.3 Å². The minimum absolute atomic E-state index is 0.0376. The van der Waals surface area contributed by atoms with Gasteiger partial charge in [0.25, 0.3) is 5.56 Å². The van der Waals surface area contributed by atoms with E-state index in [1.165, 1.54) is 4.88 Å². The number of rotatable bonds is 9. The van der Waals surface area contributed by atoms with Gasteiger partial charge in [-0.15, -0.1) is 11.3 Å². The van der Waals surface area contributed by atoms with Crippen molar-refractivity contribution in [1.82, 2.24) is 15.1 Å². The maximum absolute atomic E-state index is 13.9. The average molecular weight is 502 g/mol. The number of nitrogens with zero attached hydrogens (tertiary/aromatic N) is 2. The highest BCUT2D eigenvalue weighted by atomic mass is 32.1. The number of amides is 1. The highest BCUT2D eigenvalue weighted by Gasteiger charge is 2.32. The van der Waals surface area contributed by atoms with E-state index in [0.29, 0.717) is 24.2 Å². The van der Waals surface area contributed by atoms with Crippen molar-refractivity contribution in [2.75, 3.05) is 6.61 Å². The van der Waals surface area contributed by atoms with Crippen LogP contribution in [0.3, 0.4) is 0 Å². The summed E-state index contributed by atoms with van der Waals surface area (Å²) < 4.78 is 6.02. The molecule has 2 aromatic carbocycles. The molecule has 1 saturated carbocycles. The molecular weight excluding hydrogens is 470 g/mol. The van der Waals surface area contributed by atoms with Crippen LogP contribution in [0.5, 0.6) is 5.75 Å². The van der Waals surface area contributed by atoms with Crippen LogP contribution in [0.2, 0.25) is 0 Å². The van der Waals surface area contributed by atoms with Crippen molar-refractivity contribution in [2.45, 2.75) is 57.5 Å². The van der Waals surface area contributed by atoms with E-state index in [2.05, 4.69) is 33.8 Å². The molecule has 1 atom stereocenters. The smallest absolute Gasteiger partial charge is 0.272 e. The maximum atomic E-state index is 13.9. The fraction of sp³-hybridized carbons (Fsp3) is 0.345. The summed E-state index contributed by atoms with van der Waals surface area (Å²) in [5, 5.41) is 10.3. The number of ether oxygens (including phenoxy) is 1. The molecule has 0 aliphatic heterocycles. The summed E-state index contributed by atoms with van der Waals surface area (Å²) >= 11 is 1.74. The van der Waals surface area contributed by atoms with Gasteiger partial charge in [0.05, 0.1) is 23.6 Å². The van der Waals surface area contributed by atoms with Gasteiger partial charge >= 0.3 is 0 Å². The Bertz CT molecular complexity index is 1380. The molecule has 2 aromatic heterocycles. The van der Waals surface area contributed by atoms with E-state index in [1.807, 2.05) is 48.2 Å². The molecule has 1 N–H and O–H groups in total. The van der Waals surface area contributed by atoms with Gasteiger partial charge < -0.3 is 9.64 Å². The Balaban J connectivity index is 1.35. The van der Waals surface area contributed by atoms with Gasteiger partial charge in [0.15, 0.2) is 0 Å². The van der Waals surface area contributed by atoms with Crippen LogP contribution in [0.25, 0.3) is 10.8 Å². The zero-order chi connectivity index (χ0) is 24.9. The number of benzene rings is 2. The molecule has 186 valence electrons. The highest BCUT2D eigenvalue weighted by molar-refractivity contribution is 7.09. The fourth-order valence-corrected chi connectivity index (χ4v) is 5.78. The molecule has 1 unspecified atom stereocenters.